The molecule has 0 amide bonds. The zero-order valence-electron chi connectivity index (χ0n) is 18.7. The Morgan fingerprint density at radius 2 is 1.66 bits per heavy atom. The maximum atomic E-state index is 13.3. The maximum Gasteiger partial charge on any atom is 0.261 e. The predicted octanol–water partition coefficient (Wildman–Crippen LogP) is 5.66. The van der Waals surface area contributed by atoms with Crippen LogP contribution in [0, 0.1) is 0 Å². The van der Waals surface area contributed by atoms with E-state index < -0.39 is 0 Å². The van der Waals surface area contributed by atoms with Crippen molar-refractivity contribution in [2.75, 3.05) is 13.7 Å². The van der Waals surface area contributed by atoms with Crippen LogP contribution in [-0.2, 0) is 6.54 Å². The fourth-order valence-corrected chi connectivity index (χ4v) is 3.83. The molecule has 4 aromatic rings. The van der Waals surface area contributed by atoms with Gasteiger partial charge in [-0.05, 0) is 60.4 Å². The summed E-state index contributed by atoms with van der Waals surface area (Å²) in [6.45, 7) is 5.35. The predicted molar refractivity (Wildman–Crippen MR) is 129 cm³/mol. The normalized spacial score (nSPS) is 11.1. The Morgan fingerprint density at radius 1 is 0.938 bits per heavy atom. The number of ether oxygens (including phenoxy) is 2. The number of rotatable bonds is 8. The van der Waals surface area contributed by atoms with Crippen LogP contribution in [0.1, 0.15) is 31.7 Å². The van der Waals surface area contributed by atoms with Crippen LogP contribution >= 0.6 is 0 Å². The Morgan fingerprint density at radius 3 is 2.41 bits per heavy atom. The lowest BCUT2D eigenvalue weighted by Crippen LogP contribution is -2.24. The number of hydrogen-bond donors (Lipinski definition) is 0. The van der Waals surface area contributed by atoms with E-state index in [1.165, 1.54) is 5.56 Å². The van der Waals surface area contributed by atoms with E-state index >= 15 is 0 Å². The molecule has 0 aliphatic heterocycles. The van der Waals surface area contributed by atoms with Crippen LogP contribution in [0.4, 0.5) is 0 Å². The molecule has 0 fully saturated rings. The highest BCUT2D eigenvalue weighted by Gasteiger charge is 2.13. The second-order valence-electron chi connectivity index (χ2n) is 8.03. The fraction of sp³-hybridized carbons (Fsp3) is 0.259. The Balaban J connectivity index is 1.61. The van der Waals surface area contributed by atoms with E-state index in [0.717, 1.165) is 17.1 Å². The van der Waals surface area contributed by atoms with Gasteiger partial charge in [0, 0.05) is 12.1 Å². The first kappa shape index (κ1) is 21.6. The van der Waals surface area contributed by atoms with Crippen molar-refractivity contribution >= 4 is 10.9 Å². The minimum atomic E-state index is -0.0380. The van der Waals surface area contributed by atoms with Crippen molar-refractivity contribution in [3.8, 4) is 22.9 Å². The second-order valence-corrected chi connectivity index (χ2v) is 8.03. The molecule has 0 saturated heterocycles. The van der Waals surface area contributed by atoms with Gasteiger partial charge in [0.05, 0.1) is 24.6 Å². The average molecular weight is 429 g/mol. The molecule has 1 aromatic heterocycles. The third-order valence-corrected chi connectivity index (χ3v) is 5.53. The molecule has 32 heavy (non-hydrogen) atoms. The van der Waals surface area contributed by atoms with Gasteiger partial charge < -0.3 is 9.47 Å². The van der Waals surface area contributed by atoms with E-state index in [0.29, 0.717) is 42.2 Å². The molecule has 0 saturated carbocycles. The first-order valence-electron chi connectivity index (χ1n) is 10.9. The second kappa shape index (κ2) is 9.69. The van der Waals surface area contributed by atoms with Crippen molar-refractivity contribution in [2.45, 2.75) is 32.7 Å². The van der Waals surface area contributed by atoms with Gasteiger partial charge in [-0.15, -0.1) is 0 Å². The van der Waals surface area contributed by atoms with E-state index in [2.05, 4.69) is 19.9 Å². The summed E-state index contributed by atoms with van der Waals surface area (Å²) in [5.74, 6) is 2.71. The van der Waals surface area contributed by atoms with Crippen LogP contribution in [0.25, 0.3) is 22.3 Å². The largest absolute Gasteiger partial charge is 0.497 e. The molecule has 0 aliphatic rings. The molecule has 0 N–H and O–H groups in total. The topological polar surface area (TPSA) is 53.3 Å². The molecule has 0 bridgehead atoms. The van der Waals surface area contributed by atoms with Gasteiger partial charge in [0.25, 0.3) is 5.56 Å². The molecule has 4 rings (SSSR count). The Bertz CT molecular complexity index is 1260. The van der Waals surface area contributed by atoms with Crippen molar-refractivity contribution in [1.29, 1.82) is 0 Å². The molecule has 1 heterocycles. The molecule has 5 nitrogen and oxygen atoms in total. The van der Waals surface area contributed by atoms with E-state index in [4.69, 9.17) is 14.5 Å². The third-order valence-electron chi connectivity index (χ3n) is 5.53. The molecule has 5 heteroatoms. The number of aromatic nitrogens is 2. The molecule has 164 valence electrons. The summed E-state index contributed by atoms with van der Waals surface area (Å²) < 4.78 is 13.1. The molecule has 0 aliphatic carbocycles. The summed E-state index contributed by atoms with van der Waals surface area (Å²) in [7, 11) is 1.64. The number of fused-ring (bicyclic) bond motifs is 1. The number of benzene rings is 3. The zero-order chi connectivity index (χ0) is 22.5. The molecular weight excluding hydrogens is 400 g/mol. The van der Waals surface area contributed by atoms with Gasteiger partial charge in [-0.25, -0.2) is 4.98 Å². The monoisotopic (exact) mass is 428 g/mol. The van der Waals surface area contributed by atoms with Crippen LogP contribution in [0.3, 0.4) is 0 Å². The van der Waals surface area contributed by atoms with Gasteiger partial charge in [0.1, 0.15) is 17.3 Å². The lowest BCUT2D eigenvalue weighted by Gasteiger charge is -2.16. The van der Waals surface area contributed by atoms with E-state index in [1.54, 1.807) is 11.7 Å². The molecule has 3 aromatic carbocycles. The number of nitrogens with zero attached hydrogens (tertiary/aromatic N) is 2. The average Bonchev–Trinajstić information content (AvgIpc) is 2.83. The Hall–Kier alpha value is -3.60. The molecule has 0 atom stereocenters. The van der Waals surface area contributed by atoms with Gasteiger partial charge in [-0.3, -0.25) is 9.36 Å². The van der Waals surface area contributed by atoms with Crippen molar-refractivity contribution in [3.63, 3.8) is 0 Å². The van der Waals surface area contributed by atoms with E-state index in [1.807, 2.05) is 66.7 Å². The summed E-state index contributed by atoms with van der Waals surface area (Å²) in [5, 5.41) is 0.621. The van der Waals surface area contributed by atoms with Crippen LogP contribution in [0.5, 0.6) is 11.5 Å². The third kappa shape index (κ3) is 4.52. The van der Waals surface area contributed by atoms with Crippen molar-refractivity contribution in [3.05, 3.63) is 88.7 Å². The Kier molecular flexibility index (Phi) is 6.55. The van der Waals surface area contributed by atoms with E-state index in [-0.39, 0.29) is 5.56 Å². The van der Waals surface area contributed by atoms with Crippen LogP contribution in [0.15, 0.2) is 77.6 Å². The quantitative estimate of drug-likeness (QED) is 0.340. The lowest BCUT2D eigenvalue weighted by atomic mass is 10.0. The zero-order valence-corrected chi connectivity index (χ0v) is 18.7. The van der Waals surface area contributed by atoms with Crippen LogP contribution in [0.2, 0.25) is 0 Å². The van der Waals surface area contributed by atoms with E-state index in [9.17, 15) is 4.79 Å². The summed E-state index contributed by atoms with van der Waals surface area (Å²) in [4.78, 5) is 18.1. The lowest BCUT2D eigenvalue weighted by molar-refractivity contribution is 0.297. The smallest absolute Gasteiger partial charge is 0.261 e. The first-order chi connectivity index (χ1) is 15.6. The highest BCUT2D eigenvalue weighted by atomic mass is 16.5. The first-order valence-corrected chi connectivity index (χ1v) is 10.9. The molecule has 0 spiro atoms. The molecule has 0 radical (unpaired) electrons. The minimum Gasteiger partial charge on any atom is -0.497 e. The maximum absolute atomic E-state index is 13.3. The molecular formula is C27H28N2O3. The summed E-state index contributed by atoms with van der Waals surface area (Å²) in [6.07, 6.45) is 0.690. The van der Waals surface area contributed by atoms with Crippen LogP contribution < -0.4 is 15.0 Å². The molecule has 0 unspecified atom stereocenters. The number of para-hydroxylation sites is 2. The van der Waals surface area contributed by atoms with Crippen LogP contribution in [-0.4, -0.2) is 23.3 Å². The van der Waals surface area contributed by atoms with Gasteiger partial charge in [-0.2, -0.15) is 0 Å². The van der Waals surface area contributed by atoms with Gasteiger partial charge >= 0.3 is 0 Å². The minimum absolute atomic E-state index is 0.0380. The summed E-state index contributed by atoms with van der Waals surface area (Å²) in [5.41, 5.74) is 2.72. The van der Waals surface area contributed by atoms with Gasteiger partial charge in [-0.1, -0.05) is 44.2 Å². The Labute approximate surface area is 188 Å². The fourth-order valence-electron chi connectivity index (χ4n) is 3.83. The summed E-state index contributed by atoms with van der Waals surface area (Å²) in [6, 6.07) is 23.2. The highest BCUT2D eigenvalue weighted by Crippen LogP contribution is 2.26. The van der Waals surface area contributed by atoms with Gasteiger partial charge in [0.15, 0.2) is 0 Å². The van der Waals surface area contributed by atoms with Crippen molar-refractivity contribution < 1.29 is 9.47 Å². The number of hydrogen-bond acceptors (Lipinski definition) is 4. The van der Waals surface area contributed by atoms with Crippen molar-refractivity contribution in [2.24, 2.45) is 0 Å². The standard InChI is InChI=1S/C27H28N2O3/c1-19(2)22-9-5-7-12-25(22)32-18-8-17-29-26(20-13-15-21(31-3)16-14-20)28-24-11-6-4-10-23(24)27(29)30/h4-7,9-16,19H,8,17-18H2,1-3H3. The van der Waals surface area contributed by atoms with Gasteiger partial charge in [0.2, 0.25) is 0 Å². The highest BCUT2D eigenvalue weighted by molar-refractivity contribution is 5.79. The summed E-state index contributed by atoms with van der Waals surface area (Å²) >= 11 is 0. The number of methoxy groups -OCH3 is 1. The van der Waals surface area contributed by atoms with Crippen molar-refractivity contribution in [1.82, 2.24) is 9.55 Å². The SMILES string of the molecule is COc1ccc(-c2nc3ccccc3c(=O)n2CCCOc2ccccc2C(C)C)cc1.